The molecule has 1 aliphatic carbocycles. The molecule has 2 aliphatic heterocycles. The van der Waals surface area contributed by atoms with Crippen LogP contribution in [0.4, 0.5) is 4.79 Å². The number of hydrogen-bond acceptors (Lipinski definition) is 5. The van der Waals surface area contributed by atoms with Crippen molar-refractivity contribution in [3.63, 3.8) is 0 Å². The molecule has 0 saturated carbocycles. The van der Waals surface area contributed by atoms with Crippen LogP contribution in [0, 0.1) is 5.92 Å². The number of carboxylic acids is 1. The molecule has 3 aliphatic rings. The number of fused-ring (bicyclic) bond motifs is 3. The molecule has 178 valence electrons. The lowest BCUT2D eigenvalue weighted by molar-refractivity contribution is -0.153. The Kier molecular flexibility index (Phi) is 6.00. The summed E-state index contributed by atoms with van der Waals surface area (Å²) in [5, 5.41) is 12.3. The molecule has 5 rings (SSSR count). The molecule has 2 fully saturated rings. The van der Waals surface area contributed by atoms with Crippen molar-refractivity contribution in [1.82, 2.24) is 10.2 Å². The van der Waals surface area contributed by atoms with Gasteiger partial charge in [-0.1, -0.05) is 55.5 Å². The van der Waals surface area contributed by atoms with Gasteiger partial charge in [0.05, 0.1) is 6.04 Å². The van der Waals surface area contributed by atoms with Gasteiger partial charge in [0.2, 0.25) is 0 Å². The number of hydrogen-bond donors (Lipinski definition) is 2. The minimum Gasteiger partial charge on any atom is -0.480 e. The quantitative estimate of drug-likeness (QED) is 0.705. The Labute approximate surface area is 197 Å². The summed E-state index contributed by atoms with van der Waals surface area (Å²) in [6.07, 6.45) is -0.436. The van der Waals surface area contributed by atoms with E-state index in [0.29, 0.717) is 26.0 Å². The van der Waals surface area contributed by atoms with E-state index in [9.17, 15) is 19.5 Å². The van der Waals surface area contributed by atoms with Gasteiger partial charge >= 0.3 is 12.1 Å². The first kappa shape index (κ1) is 22.4. The van der Waals surface area contributed by atoms with Crippen molar-refractivity contribution >= 4 is 18.0 Å². The molecule has 2 aromatic rings. The van der Waals surface area contributed by atoms with Crippen LogP contribution in [-0.2, 0) is 19.1 Å². The van der Waals surface area contributed by atoms with Gasteiger partial charge in [0.1, 0.15) is 12.6 Å². The second-order valence-corrected chi connectivity index (χ2v) is 9.24. The van der Waals surface area contributed by atoms with Gasteiger partial charge in [-0.25, -0.2) is 9.59 Å². The molecule has 8 heteroatoms. The lowest BCUT2D eigenvalue weighted by Gasteiger charge is -2.28. The molecule has 2 saturated heterocycles. The number of benzene rings is 2. The standard InChI is InChI=1S/C26H28N2O6/c1-15-10-12-28(22(15)25(30)31)24(29)23-21(11-13-33-23)27-26(32)34-14-20-18-8-4-2-6-16(18)17-7-3-5-9-19(17)20/h2-9,15,20-23H,10-14H2,1H3,(H,27,32)(H,30,31)/t15?,21-,22?,23+/m1/s1. The minimum absolute atomic E-state index is 0.0576. The van der Waals surface area contributed by atoms with Crippen molar-refractivity contribution < 1.29 is 29.0 Å². The van der Waals surface area contributed by atoms with Crippen LogP contribution in [0.15, 0.2) is 48.5 Å². The zero-order valence-corrected chi connectivity index (χ0v) is 19.0. The van der Waals surface area contributed by atoms with Gasteiger partial charge in [0, 0.05) is 19.1 Å². The van der Waals surface area contributed by atoms with Crippen LogP contribution in [0.1, 0.15) is 36.8 Å². The number of likely N-dealkylation sites (tertiary alicyclic amines) is 1. The number of ether oxygens (including phenoxy) is 2. The maximum atomic E-state index is 13.1. The van der Waals surface area contributed by atoms with E-state index in [4.69, 9.17) is 9.47 Å². The maximum absolute atomic E-state index is 13.1. The molecular formula is C26H28N2O6. The maximum Gasteiger partial charge on any atom is 0.407 e. The number of alkyl carbamates (subject to hydrolysis) is 1. The first-order valence-electron chi connectivity index (χ1n) is 11.7. The number of aliphatic carboxylic acids is 1. The predicted octanol–water partition coefficient (Wildman–Crippen LogP) is 3.00. The van der Waals surface area contributed by atoms with Crippen LogP contribution in [0.5, 0.6) is 0 Å². The van der Waals surface area contributed by atoms with E-state index in [1.54, 1.807) is 0 Å². The molecule has 2 heterocycles. The average molecular weight is 465 g/mol. The number of nitrogens with zero attached hydrogens (tertiary/aromatic N) is 1. The normalized spacial score (nSPS) is 25.6. The number of amides is 2. The van der Waals surface area contributed by atoms with Crippen LogP contribution in [0.2, 0.25) is 0 Å². The summed E-state index contributed by atoms with van der Waals surface area (Å²) in [4.78, 5) is 38.8. The Balaban J connectivity index is 1.23. The summed E-state index contributed by atoms with van der Waals surface area (Å²) in [6, 6.07) is 14.8. The first-order chi connectivity index (χ1) is 16.5. The Bertz CT molecular complexity index is 1070. The van der Waals surface area contributed by atoms with Gasteiger partial charge in [0.15, 0.2) is 6.10 Å². The lowest BCUT2D eigenvalue weighted by Crippen LogP contribution is -2.53. The van der Waals surface area contributed by atoms with E-state index < -0.39 is 36.2 Å². The highest BCUT2D eigenvalue weighted by Gasteiger charge is 2.45. The fraction of sp³-hybridized carbons (Fsp3) is 0.423. The highest BCUT2D eigenvalue weighted by molar-refractivity contribution is 5.88. The Morgan fingerprint density at radius 1 is 1.06 bits per heavy atom. The molecule has 4 atom stereocenters. The lowest BCUT2D eigenvalue weighted by atomic mass is 9.98. The van der Waals surface area contributed by atoms with Gasteiger partial charge in [-0.3, -0.25) is 4.79 Å². The summed E-state index contributed by atoms with van der Waals surface area (Å²) in [5.74, 6) is -1.59. The largest absolute Gasteiger partial charge is 0.480 e. The van der Waals surface area contributed by atoms with E-state index in [-0.39, 0.29) is 18.4 Å². The number of nitrogens with one attached hydrogen (secondary N) is 1. The Morgan fingerprint density at radius 2 is 1.71 bits per heavy atom. The SMILES string of the molecule is CC1CCN(C(=O)[C@H]2OCC[C@H]2NC(=O)OCC2c3ccccc3-c3ccccc32)C1C(=O)O. The third-order valence-electron chi connectivity index (χ3n) is 7.22. The molecule has 2 amide bonds. The van der Waals surface area contributed by atoms with Gasteiger partial charge in [-0.05, 0) is 41.0 Å². The fourth-order valence-electron chi connectivity index (χ4n) is 5.51. The van der Waals surface area contributed by atoms with Gasteiger partial charge in [-0.15, -0.1) is 0 Å². The number of carboxylic acid groups (broad SMARTS) is 1. The molecule has 8 nitrogen and oxygen atoms in total. The monoisotopic (exact) mass is 464 g/mol. The smallest absolute Gasteiger partial charge is 0.407 e. The summed E-state index contributed by atoms with van der Waals surface area (Å²) < 4.78 is 11.2. The van der Waals surface area contributed by atoms with Gasteiger partial charge < -0.3 is 24.8 Å². The fourth-order valence-corrected chi connectivity index (χ4v) is 5.51. The van der Waals surface area contributed by atoms with E-state index in [1.807, 2.05) is 31.2 Å². The van der Waals surface area contributed by atoms with Gasteiger partial charge in [-0.2, -0.15) is 0 Å². The van der Waals surface area contributed by atoms with Crippen molar-refractivity contribution in [2.45, 2.75) is 43.9 Å². The van der Waals surface area contributed by atoms with E-state index >= 15 is 0 Å². The summed E-state index contributed by atoms with van der Waals surface area (Å²) in [7, 11) is 0. The highest BCUT2D eigenvalue weighted by Crippen LogP contribution is 2.44. The van der Waals surface area contributed by atoms with Crippen LogP contribution in [0.3, 0.4) is 0 Å². The predicted molar refractivity (Wildman–Crippen MR) is 123 cm³/mol. The molecule has 2 N–H and O–H groups in total. The van der Waals surface area contributed by atoms with Crippen molar-refractivity contribution in [3.8, 4) is 11.1 Å². The second-order valence-electron chi connectivity index (χ2n) is 9.24. The summed E-state index contributed by atoms with van der Waals surface area (Å²) >= 11 is 0. The average Bonchev–Trinajstić information content (AvgIpc) is 3.53. The van der Waals surface area contributed by atoms with Crippen molar-refractivity contribution in [3.05, 3.63) is 59.7 Å². The van der Waals surface area contributed by atoms with Gasteiger partial charge in [0.25, 0.3) is 5.91 Å². The zero-order valence-electron chi connectivity index (χ0n) is 19.0. The van der Waals surface area contributed by atoms with Crippen molar-refractivity contribution in [1.29, 1.82) is 0 Å². The molecule has 0 aromatic heterocycles. The van der Waals surface area contributed by atoms with Crippen molar-refractivity contribution in [2.75, 3.05) is 19.8 Å². The van der Waals surface area contributed by atoms with Crippen molar-refractivity contribution in [2.24, 2.45) is 5.92 Å². The molecule has 34 heavy (non-hydrogen) atoms. The topological polar surface area (TPSA) is 105 Å². The summed E-state index contributed by atoms with van der Waals surface area (Å²) in [6.45, 7) is 2.69. The molecular weight excluding hydrogens is 436 g/mol. The third kappa shape index (κ3) is 3.92. The third-order valence-corrected chi connectivity index (χ3v) is 7.22. The molecule has 2 aromatic carbocycles. The Hall–Kier alpha value is -3.39. The van der Waals surface area contributed by atoms with Crippen LogP contribution in [-0.4, -0.2) is 65.9 Å². The van der Waals surface area contributed by atoms with Crippen LogP contribution < -0.4 is 5.32 Å². The van der Waals surface area contributed by atoms with E-state index in [0.717, 1.165) is 22.3 Å². The number of carbonyl (C=O) groups excluding carboxylic acids is 2. The van der Waals surface area contributed by atoms with Crippen LogP contribution in [0.25, 0.3) is 11.1 Å². The number of rotatable bonds is 5. The molecule has 2 unspecified atom stereocenters. The van der Waals surface area contributed by atoms with Crippen LogP contribution >= 0.6 is 0 Å². The molecule has 0 bridgehead atoms. The Morgan fingerprint density at radius 3 is 2.35 bits per heavy atom. The summed E-state index contributed by atoms with van der Waals surface area (Å²) in [5.41, 5.74) is 4.54. The number of carbonyl (C=O) groups is 3. The molecule has 0 spiro atoms. The first-order valence-corrected chi connectivity index (χ1v) is 11.7. The van der Waals surface area contributed by atoms with E-state index in [1.165, 1.54) is 4.90 Å². The van der Waals surface area contributed by atoms with E-state index in [2.05, 4.69) is 29.6 Å². The second kappa shape index (κ2) is 9.10. The highest BCUT2D eigenvalue weighted by atomic mass is 16.6. The zero-order chi connectivity index (χ0) is 23.8. The molecule has 0 radical (unpaired) electrons. The minimum atomic E-state index is -1.02.